The van der Waals surface area contributed by atoms with Gasteiger partial charge in [-0.25, -0.2) is 4.79 Å². The zero-order chi connectivity index (χ0) is 19.6. The summed E-state index contributed by atoms with van der Waals surface area (Å²) in [5.41, 5.74) is 1.03. The molecule has 140 valence electrons. The summed E-state index contributed by atoms with van der Waals surface area (Å²) in [5.74, 6) is -0.224. The second-order valence-electron chi connectivity index (χ2n) is 6.12. The first-order valence-electron chi connectivity index (χ1n) is 8.01. The third-order valence-electron chi connectivity index (χ3n) is 3.87. The fourth-order valence-electron chi connectivity index (χ4n) is 2.72. The van der Waals surface area contributed by atoms with Crippen molar-refractivity contribution in [2.75, 3.05) is 18.9 Å². The number of nitrogens with one attached hydrogen (secondary N) is 1. The number of fused-ring (bicyclic) bond motifs is 1. The van der Waals surface area contributed by atoms with Gasteiger partial charge in [0, 0.05) is 29.8 Å². The first-order chi connectivity index (χ1) is 12.8. The lowest BCUT2D eigenvalue weighted by Crippen LogP contribution is -2.30. The maximum Gasteiger partial charge on any atom is 0.336 e. The van der Waals surface area contributed by atoms with E-state index in [-0.39, 0.29) is 18.2 Å². The maximum atomic E-state index is 12.2. The van der Waals surface area contributed by atoms with Crippen LogP contribution in [-0.2, 0) is 11.3 Å². The zero-order valence-electron chi connectivity index (χ0n) is 14.3. The van der Waals surface area contributed by atoms with Crippen LogP contribution in [0.4, 0.5) is 5.69 Å². The molecule has 1 aromatic heterocycles. The molecular formula is C19H16Cl2N2O4. The van der Waals surface area contributed by atoms with Crippen LogP contribution in [0.15, 0.2) is 51.7 Å². The highest BCUT2D eigenvalue weighted by atomic mass is 35.5. The van der Waals surface area contributed by atoms with E-state index in [1.54, 1.807) is 36.2 Å². The van der Waals surface area contributed by atoms with Crippen molar-refractivity contribution < 1.29 is 14.3 Å². The summed E-state index contributed by atoms with van der Waals surface area (Å²) in [7, 11) is 1.76. The van der Waals surface area contributed by atoms with Crippen molar-refractivity contribution in [3.05, 3.63) is 68.5 Å². The van der Waals surface area contributed by atoms with E-state index in [1.165, 1.54) is 18.2 Å². The average Bonchev–Trinajstić information content (AvgIpc) is 2.57. The Kier molecular flexibility index (Phi) is 5.70. The Bertz CT molecular complexity index is 1070. The number of aromatic hydroxyl groups is 1. The van der Waals surface area contributed by atoms with Crippen molar-refractivity contribution in [1.29, 1.82) is 0 Å². The van der Waals surface area contributed by atoms with Crippen LogP contribution < -0.4 is 10.9 Å². The van der Waals surface area contributed by atoms with Crippen molar-refractivity contribution in [3.63, 3.8) is 0 Å². The van der Waals surface area contributed by atoms with Gasteiger partial charge in [0.05, 0.1) is 16.6 Å². The first-order valence-corrected chi connectivity index (χ1v) is 8.76. The first kappa shape index (κ1) is 19.2. The summed E-state index contributed by atoms with van der Waals surface area (Å²) in [5, 5.41) is 13.8. The molecule has 0 bridgehead atoms. The Morgan fingerprint density at radius 2 is 1.93 bits per heavy atom. The van der Waals surface area contributed by atoms with Gasteiger partial charge in [-0.2, -0.15) is 0 Å². The number of hydrogen-bond donors (Lipinski definition) is 2. The average molecular weight is 407 g/mol. The molecule has 0 spiro atoms. The number of halogens is 2. The maximum absolute atomic E-state index is 12.2. The second kappa shape index (κ2) is 8.00. The van der Waals surface area contributed by atoms with Crippen molar-refractivity contribution in [1.82, 2.24) is 4.90 Å². The molecule has 0 fully saturated rings. The Labute approximate surface area is 164 Å². The minimum absolute atomic E-state index is 0.0113. The van der Waals surface area contributed by atoms with Gasteiger partial charge >= 0.3 is 5.63 Å². The molecule has 0 aliphatic rings. The van der Waals surface area contributed by atoms with Gasteiger partial charge in [0.15, 0.2) is 0 Å². The van der Waals surface area contributed by atoms with Gasteiger partial charge in [-0.1, -0.05) is 23.2 Å². The largest absolute Gasteiger partial charge is 0.508 e. The van der Waals surface area contributed by atoms with Crippen LogP contribution in [0, 0.1) is 0 Å². The monoisotopic (exact) mass is 406 g/mol. The van der Waals surface area contributed by atoms with E-state index >= 15 is 0 Å². The highest BCUT2D eigenvalue weighted by molar-refractivity contribution is 6.42. The van der Waals surface area contributed by atoms with E-state index in [9.17, 15) is 14.7 Å². The van der Waals surface area contributed by atoms with Gasteiger partial charge < -0.3 is 14.8 Å². The molecule has 1 heterocycles. The molecule has 0 aliphatic heterocycles. The number of phenols is 1. The lowest BCUT2D eigenvalue weighted by molar-refractivity contribution is -0.117. The smallest absolute Gasteiger partial charge is 0.336 e. The summed E-state index contributed by atoms with van der Waals surface area (Å²) < 4.78 is 5.11. The molecule has 3 aromatic rings. The summed E-state index contributed by atoms with van der Waals surface area (Å²) in [6, 6.07) is 10.8. The third kappa shape index (κ3) is 4.80. The number of anilines is 1. The molecule has 8 heteroatoms. The van der Waals surface area contributed by atoms with Crippen molar-refractivity contribution in [2.45, 2.75) is 6.54 Å². The molecule has 27 heavy (non-hydrogen) atoms. The summed E-state index contributed by atoms with van der Waals surface area (Å²) in [6.07, 6.45) is 0. The van der Waals surface area contributed by atoms with Crippen LogP contribution >= 0.6 is 23.2 Å². The zero-order valence-corrected chi connectivity index (χ0v) is 15.8. The van der Waals surface area contributed by atoms with E-state index < -0.39 is 5.63 Å². The van der Waals surface area contributed by atoms with Crippen molar-refractivity contribution in [2.24, 2.45) is 0 Å². The molecule has 6 nitrogen and oxygen atoms in total. The Balaban J connectivity index is 1.71. The number of likely N-dealkylation sites (N-methyl/N-ethyl adjacent to an activating group) is 1. The lowest BCUT2D eigenvalue weighted by atomic mass is 10.1. The van der Waals surface area contributed by atoms with Crippen LogP contribution in [0.5, 0.6) is 5.75 Å². The molecule has 0 radical (unpaired) electrons. The Morgan fingerprint density at radius 1 is 1.15 bits per heavy atom. The van der Waals surface area contributed by atoms with Gasteiger partial charge in [-0.15, -0.1) is 0 Å². The van der Waals surface area contributed by atoms with Gasteiger partial charge in [0.25, 0.3) is 0 Å². The fraction of sp³-hybridized carbons (Fsp3) is 0.158. The van der Waals surface area contributed by atoms with Crippen LogP contribution in [0.3, 0.4) is 0 Å². The highest BCUT2D eigenvalue weighted by Crippen LogP contribution is 2.25. The molecule has 0 aliphatic carbocycles. The third-order valence-corrected chi connectivity index (χ3v) is 4.61. The minimum atomic E-state index is -0.517. The summed E-state index contributed by atoms with van der Waals surface area (Å²) in [4.78, 5) is 25.8. The number of amides is 1. The van der Waals surface area contributed by atoms with Crippen LogP contribution in [0.2, 0.25) is 10.0 Å². The molecule has 2 N–H and O–H groups in total. The number of phenolic OH excluding ortho intramolecular Hbond substituents is 1. The van der Waals surface area contributed by atoms with E-state index in [0.29, 0.717) is 38.8 Å². The summed E-state index contributed by atoms with van der Waals surface area (Å²) in [6.45, 7) is 0.446. The van der Waals surface area contributed by atoms with E-state index in [4.69, 9.17) is 27.6 Å². The quantitative estimate of drug-likeness (QED) is 0.628. The van der Waals surface area contributed by atoms with Gasteiger partial charge in [0.2, 0.25) is 5.91 Å². The molecular weight excluding hydrogens is 391 g/mol. The van der Waals surface area contributed by atoms with Gasteiger partial charge in [-0.3, -0.25) is 9.69 Å². The van der Waals surface area contributed by atoms with Crippen LogP contribution in [0.1, 0.15) is 5.56 Å². The molecule has 0 saturated heterocycles. The number of nitrogens with zero attached hydrogens (tertiary/aromatic N) is 1. The Hall–Kier alpha value is -2.54. The number of carbonyl (C=O) groups is 1. The number of carbonyl (C=O) groups excluding carboxylic acids is 1. The standard InChI is InChI=1S/C19H16Cl2N2O4/c1-23(10-18(25)22-12-2-5-15(20)16(21)7-12)9-11-6-19(26)27-17-8-13(24)3-4-14(11)17/h2-8,24H,9-10H2,1H3,(H,22,25). The minimum Gasteiger partial charge on any atom is -0.508 e. The topological polar surface area (TPSA) is 82.8 Å². The molecule has 3 rings (SSSR count). The van der Waals surface area contributed by atoms with E-state index in [1.807, 2.05) is 0 Å². The van der Waals surface area contributed by atoms with E-state index in [0.717, 1.165) is 0 Å². The molecule has 1 amide bonds. The highest BCUT2D eigenvalue weighted by Gasteiger charge is 2.12. The molecule has 0 unspecified atom stereocenters. The predicted octanol–water partition coefficient (Wildman–Crippen LogP) is 3.88. The van der Waals surface area contributed by atoms with Crippen LogP contribution in [-0.4, -0.2) is 29.5 Å². The second-order valence-corrected chi connectivity index (χ2v) is 6.93. The normalized spacial score (nSPS) is 11.1. The molecule has 0 saturated carbocycles. The van der Waals surface area contributed by atoms with E-state index in [2.05, 4.69) is 5.32 Å². The lowest BCUT2D eigenvalue weighted by Gasteiger charge is -2.17. The van der Waals surface area contributed by atoms with Crippen molar-refractivity contribution >= 4 is 45.8 Å². The SMILES string of the molecule is CN(CC(=O)Nc1ccc(Cl)c(Cl)c1)Cc1cc(=O)oc2cc(O)ccc12. The van der Waals surface area contributed by atoms with Gasteiger partial charge in [0.1, 0.15) is 11.3 Å². The molecule has 0 atom stereocenters. The van der Waals surface area contributed by atoms with Crippen LogP contribution in [0.25, 0.3) is 11.0 Å². The van der Waals surface area contributed by atoms with Crippen molar-refractivity contribution in [3.8, 4) is 5.75 Å². The number of hydrogen-bond acceptors (Lipinski definition) is 5. The van der Waals surface area contributed by atoms with Gasteiger partial charge in [-0.05, 0) is 42.9 Å². The predicted molar refractivity (Wildman–Crippen MR) is 106 cm³/mol. The Morgan fingerprint density at radius 3 is 2.67 bits per heavy atom. The number of rotatable bonds is 5. The molecule has 2 aromatic carbocycles. The number of benzene rings is 2. The summed E-state index contributed by atoms with van der Waals surface area (Å²) >= 11 is 11.8. The fourth-order valence-corrected chi connectivity index (χ4v) is 3.01.